The summed E-state index contributed by atoms with van der Waals surface area (Å²) in [5, 5.41) is 6.78. The second-order valence-corrected chi connectivity index (χ2v) is 5.25. The Morgan fingerprint density at radius 3 is 2.71 bits per heavy atom. The van der Waals surface area contributed by atoms with Crippen molar-refractivity contribution < 1.29 is 0 Å². The fraction of sp³-hybridized carbons (Fsp3) is 0.294. The minimum Gasteiger partial charge on any atom is -0.353 e. The Bertz CT molecular complexity index is 595. The molecule has 0 aliphatic heterocycles. The van der Waals surface area contributed by atoms with Gasteiger partial charge in [0.1, 0.15) is 0 Å². The molecule has 0 spiro atoms. The number of hydrogen-bond acceptors (Lipinski definition) is 2. The van der Waals surface area contributed by atoms with Crippen molar-refractivity contribution in [2.24, 2.45) is 4.99 Å². The normalized spacial score (nSPS) is 20.9. The molecule has 1 fully saturated rings. The minimum atomic E-state index is 0.474. The zero-order valence-electron chi connectivity index (χ0n) is 12.2. The summed E-state index contributed by atoms with van der Waals surface area (Å²) in [5.41, 5.74) is 2.41. The van der Waals surface area contributed by atoms with Crippen LogP contribution >= 0.6 is 0 Å². The number of guanidine groups is 1. The van der Waals surface area contributed by atoms with E-state index >= 15 is 0 Å². The molecule has 2 unspecified atom stereocenters. The topological polar surface area (TPSA) is 49.3 Å². The average molecular weight is 280 g/mol. The minimum absolute atomic E-state index is 0.474. The largest absolute Gasteiger partial charge is 0.353 e. The number of nitrogens with one attached hydrogen (secondary N) is 2. The van der Waals surface area contributed by atoms with Crippen molar-refractivity contribution in [3.63, 3.8) is 0 Å². The van der Waals surface area contributed by atoms with E-state index in [1.165, 1.54) is 5.56 Å². The van der Waals surface area contributed by atoms with Crippen LogP contribution in [0.5, 0.6) is 0 Å². The van der Waals surface area contributed by atoms with Crippen LogP contribution in [0.15, 0.2) is 59.7 Å². The number of pyridine rings is 1. The molecule has 2 atom stereocenters. The molecule has 0 amide bonds. The van der Waals surface area contributed by atoms with E-state index in [0.717, 1.165) is 18.1 Å². The Balaban J connectivity index is 1.50. The molecular weight excluding hydrogens is 260 g/mol. The highest BCUT2D eigenvalue weighted by Crippen LogP contribution is 2.40. The molecule has 1 aromatic carbocycles. The summed E-state index contributed by atoms with van der Waals surface area (Å²) < 4.78 is 0. The van der Waals surface area contributed by atoms with Crippen molar-refractivity contribution >= 4 is 5.96 Å². The molecule has 0 saturated heterocycles. The molecule has 1 aliphatic carbocycles. The van der Waals surface area contributed by atoms with Gasteiger partial charge in [-0.2, -0.15) is 0 Å². The Hall–Kier alpha value is -2.36. The third kappa shape index (κ3) is 3.60. The van der Waals surface area contributed by atoms with Crippen molar-refractivity contribution in [1.82, 2.24) is 15.6 Å². The first-order valence-corrected chi connectivity index (χ1v) is 7.29. The number of hydrogen-bond donors (Lipinski definition) is 2. The maximum atomic E-state index is 4.30. The Morgan fingerprint density at radius 2 is 2.00 bits per heavy atom. The van der Waals surface area contributed by atoms with E-state index in [0.29, 0.717) is 18.5 Å². The van der Waals surface area contributed by atoms with Gasteiger partial charge in [0, 0.05) is 25.2 Å². The van der Waals surface area contributed by atoms with Gasteiger partial charge in [-0.25, -0.2) is 0 Å². The molecule has 21 heavy (non-hydrogen) atoms. The van der Waals surface area contributed by atoms with Crippen LogP contribution in [0.25, 0.3) is 0 Å². The quantitative estimate of drug-likeness (QED) is 0.667. The van der Waals surface area contributed by atoms with Gasteiger partial charge in [0.25, 0.3) is 0 Å². The van der Waals surface area contributed by atoms with E-state index in [1.54, 1.807) is 13.2 Å². The molecule has 0 bridgehead atoms. The lowest BCUT2D eigenvalue weighted by Gasteiger charge is -2.11. The standard InChI is InChI=1S/C17H20N4/c1-18-17(20-12-14-9-5-6-10-19-14)21-16-11-15(16)13-7-3-2-4-8-13/h2-10,15-16H,11-12H2,1H3,(H2,18,20,21). The fourth-order valence-corrected chi connectivity index (χ4v) is 2.47. The second kappa shape index (κ2) is 6.39. The van der Waals surface area contributed by atoms with Crippen LogP contribution in [-0.4, -0.2) is 24.0 Å². The fourth-order valence-electron chi connectivity index (χ4n) is 2.47. The number of nitrogens with zero attached hydrogens (tertiary/aromatic N) is 2. The third-order valence-electron chi connectivity index (χ3n) is 3.73. The van der Waals surface area contributed by atoms with Crippen LogP contribution in [0, 0.1) is 0 Å². The first kappa shape index (κ1) is 13.6. The molecular formula is C17H20N4. The van der Waals surface area contributed by atoms with Gasteiger partial charge < -0.3 is 10.6 Å². The van der Waals surface area contributed by atoms with Crippen molar-refractivity contribution in [3.8, 4) is 0 Å². The van der Waals surface area contributed by atoms with E-state index in [4.69, 9.17) is 0 Å². The number of aromatic nitrogens is 1. The van der Waals surface area contributed by atoms with Crippen LogP contribution < -0.4 is 10.6 Å². The molecule has 4 heteroatoms. The molecule has 2 aromatic rings. The molecule has 1 aromatic heterocycles. The van der Waals surface area contributed by atoms with E-state index in [2.05, 4.69) is 50.9 Å². The van der Waals surface area contributed by atoms with Gasteiger partial charge in [-0.05, 0) is 24.1 Å². The lowest BCUT2D eigenvalue weighted by molar-refractivity contribution is 0.779. The van der Waals surface area contributed by atoms with Crippen LogP contribution in [0.3, 0.4) is 0 Å². The molecule has 3 rings (SSSR count). The van der Waals surface area contributed by atoms with Crippen LogP contribution in [-0.2, 0) is 6.54 Å². The van der Waals surface area contributed by atoms with Crippen LogP contribution in [0.2, 0.25) is 0 Å². The zero-order valence-corrected chi connectivity index (χ0v) is 12.2. The Kier molecular flexibility index (Phi) is 4.15. The van der Waals surface area contributed by atoms with E-state index < -0.39 is 0 Å². The summed E-state index contributed by atoms with van der Waals surface area (Å²) in [6.45, 7) is 0.684. The van der Waals surface area contributed by atoms with E-state index in [9.17, 15) is 0 Å². The van der Waals surface area contributed by atoms with E-state index in [-0.39, 0.29) is 0 Å². The zero-order chi connectivity index (χ0) is 14.5. The van der Waals surface area contributed by atoms with Crippen molar-refractivity contribution in [3.05, 3.63) is 66.0 Å². The number of aliphatic imine (C=N–C) groups is 1. The van der Waals surface area contributed by atoms with Gasteiger partial charge in [-0.15, -0.1) is 0 Å². The molecule has 0 radical (unpaired) electrons. The summed E-state index contributed by atoms with van der Waals surface area (Å²) in [4.78, 5) is 8.58. The van der Waals surface area contributed by atoms with Crippen LogP contribution in [0.1, 0.15) is 23.6 Å². The first-order chi connectivity index (χ1) is 10.4. The van der Waals surface area contributed by atoms with Gasteiger partial charge in [0.05, 0.1) is 12.2 Å². The smallest absolute Gasteiger partial charge is 0.191 e. The van der Waals surface area contributed by atoms with Crippen molar-refractivity contribution in [1.29, 1.82) is 0 Å². The molecule has 2 N–H and O–H groups in total. The Morgan fingerprint density at radius 1 is 1.19 bits per heavy atom. The van der Waals surface area contributed by atoms with Gasteiger partial charge in [-0.1, -0.05) is 36.4 Å². The van der Waals surface area contributed by atoms with Crippen molar-refractivity contribution in [2.45, 2.75) is 24.9 Å². The van der Waals surface area contributed by atoms with Crippen LogP contribution in [0.4, 0.5) is 0 Å². The maximum absolute atomic E-state index is 4.30. The summed E-state index contributed by atoms with van der Waals surface area (Å²) in [6, 6.07) is 17.0. The second-order valence-electron chi connectivity index (χ2n) is 5.25. The highest BCUT2D eigenvalue weighted by atomic mass is 15.2. The lowest BCUT2D eigenvalue weighted by Crippen LogP contribution is -2.38. The molecule has 1 aliphatic rings. The molecule has 108 valence electrons. The molecule has 1 saturated carbocycles. The average Bonchev–Trinajstić information content (AvgIpc) is 3.32. The molecule has 4 nitrogen and oxygen atoms in total. The predicted molar refractivity (Wildman–Crippen MR) is 85.2 cm³/mol. The molecule has 1 heterocycles. The Labute approximate surface area is 125 Å². The van der Waals surface area contributed by atoms with Gasteiger partial charge >= 0.3 is 0 Å². The third-order valence-corrected chi connectivity index (χ3v) is 3.73. The maximum Gasteiger partial charge on any atom is 0.191 e. The highest BCUT2D eigenvalue weighted by molar-refractivity contribution is 5.80. The van der Waals surface area contributed by atoms with Gasteiger partial charge in [0.2, 0.25) is 0 Å². The van der Waals surface area contributed by atoms with Crippen molar-refractivity contribution in [2.75, 3.05) is 7.05 Å². The predicted octanol–water partition coefficient (Wildman–Crippen LogP) is 2.30. The SMILES string of the molecule is CN=C(NCc1ccccn1)NC1CC1c1ccccc1. The van der Waals surface area contributed by atoms with Gasteiger partial charge in [-0.3, -0.25) is 9.98 Å². The monoisotopic (exact) mass is 280 g/mol. The summed E-state index contributed by atoms with van der Waals surface area (Å²) in [7, 11) is 1.80. The van der Waals surface area contributed by atoms with Gasteiger partial charge in [0.15, 0.2) is 5.96 Å². The summed E-state index contributed by atoms with van der Waals surface area (Å²) in [6.07, 6.45) is 2.97. The first-order valence-electron chi connectivity index (χ1n) is 7.29. The lowest BCUT2D eigenvalue weighted by atomic mass is 10.1. The summed E-state index contributed by atoms with van der Waals surface area (Å²) in [5.74, 6) is 1.43. The number of rotatable bonds is 4. The summed E-state index contributed by atoms with van der Waals surface area (Å²) >= 11 is 0. The van der Waals surface area contributed by atoms with E-state index in [1.807, 2.05) is 18.2 Å². The number of benzene rings is 1. The highest BCUT2D eigenvalue weighted by Gasteiger charge is 2.38.